The molecule has 0 aromatic carbocycles. The molecule has 0 aromatic heterocycles. The van der Waals surface area contributed by atoms with E-state index in [1.54, 1.807) is 0 Å². The molecule has 0 radical (unpaired) electrons. The molecule has 2 aliphatic rings. The molecule has 2 rings (SSSR count). The number of rotatable bonds is 7. The van der Waals surface area contributed by atoms with E-state index in [0.717, 1.165) is 38.1 Å². The Bertz CT molecular complexity index is 182. The maximum Gasteiger partial charge on any atom is 0.0591 e. The number of hydrogen-bond donors (Lipinski definition) is 2. The normalized spacial score (nSPS) is 31.0. The highest BCUT2D eigenvalue weighted by atomic mass is 16.5. The highest BCUT2D eigenvalue weighted by Gasteiger charge is 2.22. The summed E-state index contributed by atoms with van der Waals surface area (Å²) in [6.45, 7) is 7.49. The molecule has 1 aliphatic heterocycles. The maximum atomic E-state index is 5.57. The lowest BCUT2D eigenvalue weighted by atomic mass is 10.0. The zero-order chi connectivity index (χ0) is 10.5. The molecule has 2 unspecified atom stereocenters. The van der Waals surface area contributed by atoms with Crippen molar-refractivity contribution in [2.45, 2.75) is 32.2 Å². The molecule has 3 nitrogen and oxygen atoms in total. The Morgan fingerprint density at radius 1 is 1.33 bits per heavy atom. The summed E-state index contributed by atoms with van der Waals surface area (Å²) in [5, 5.41) is 6.96. The van der Waals surface area contributed by atoms with E-state index >= 15 is 0 Å². The van der Waals surface area contributed by atoms with E-state index in [4.69, 9.17) is 4.74 Å². The largest absolute Gasteiger partial charge is 0.380 e. The lowest BCUT2D eigenvalue weighted by Gasteiger charge is -2.15. The van der Waals surface area contributed by atoms with Crippen molar-refractivity contribution < 1.29 is 4.74 Å². The topological polar surface area (TPSA) is 33.3 Å². The molecule has 1 saturated heterocycles. The molecule has 1 saturated carbocycles. The van der Waals surface area contributed by atoms with E-state index in [2.05, 4.69) is 17.6 Å². The Kier molecular flexibility index (Phi) is 4.42. The summed E-state index contributed by atoms with van der Waals surface area (Å²) in [6.07, 6.45) is 4.09. The smallest absolute Gasteiger partial charge is 0.0591 e. The van der Waals surface area contributed by atoms with Crippen LogP contribution in [0.25, 0.3) is 0 Å². The van der Waals surface area contributed by atoms with Crippen LogP contribution in [0.15, 0.2) is 0 Å². The van der Waals surface area contributed by atoms with Crippen LogP contribution < -0.4 is 10.6 Å². The third kappa shape index (κ3) is 4.09. The van der Waals surface area contributed by atoms with Gasteiger partial charge in [-0.15, -0.1) is 0 Å². The van der Waals surface area contributed by atoms with Crippen LogP contribution >= 0.6 is 0 Å². The molecule has 2 atom stereocenters. The molecule has 0 amide bonds. The van der Waals surface area contributed by atoms with Crippen LogP contribution in [0.4, 0.5) is 0 Å². The first-order valence-electron chi connectivity index (χ1n) is 6.38. The average molecular weight is 212 g/mol. The minimum atomic E-state index is 0.685. The zero-order valence-corrected chi connectivity index (χ0v) is 9.80. The van der Waals surface area contributed by atoms with Crippen LogP contribution in [0.3, 0.4) is 0 Å². The second-order valence-electron chi connectivity index (χ2n) is 5.01. The van der Waals surface area contributed by atoms with Crippen molar-refractivity contribution in [1.82, 2.24) is 10.6 Å². The maximum absolute atomic E-state index is 5.57. The Hall–Kier alpha value is -0.120. The van der Waals surface area contributed by atoms with Gasteiger partial charge in [0, 0.05) is 19.2 Å². The Morgan fingerprint density at radius 3 is 2.87 bits per heavy atom. The SMILES string of the molecule is CC1NCCC1CNCCOCC1CC1. The lowest BCUT2D eigenvalue weighted by Crippen LogP contribution is -2.32. The summed E-state index contributed by atoms with van der Waals surface area (Å²) in [6, 6.07) is 0.685. The van der Waals surface area contributed by atoms with Crippen LogP contribution in [-0.4, -0.2) is 38.9 Å². The molecule has 2 N–H and O–H groups in total. The molecule has 3 heteroatoms. The number of nitrogens with one attached hydrogen (secondary N) is 2. The van der Waals surface area contributed by atoms with Gasteiger partial charge in [0.25, 0.3) is 0 Å². The first kappa shape index (κ1) is 11.4. The van der Waals surface area contributed by atoms with Crippen molar-refractivity contribution in [3.63, 3.8) is 0 Å². The average Bonchev–Trinajstić information content (AvgIpc) is 2.96. The predicted octanol–water partition coefficient (Wildman–Crippen LogP) is 1.00. The third-order valence-electron chi connectivity index (χ3n) is 3.57. The van der Waals surface area contributed by atoms with Crippen molar-refractivity contribution in [3.8, 4) is 0 Å². The fourth-order valence-electron chi connectivity index (χ4n) is 2.16. The standard InChI is InChI=1S/C12H24N2O/c1-10-12(4-5-14-10)8-13-6-7-15-9-11-2-3-11/h10-14H,2-9H2,1H3. The highest BCUT2D eigenvalue weighted by Crippen LogP contribution is 2.28. The summed E-state index contributed by atoms with van der Waals surface area (Å²) >= 11 is 0. The van der Waals surface area contributed by atoms with Crippen LogP contribution in [0.1, 0.15) is 26.2 Å². The van der Waals surface area contributed by atoms with Gasteiger partial charge < -0.3 is 15.4 Å². The van der Waals surface area contributed by atoms with Crippen LogP contribution in [-0.2, 0) is 4.74 Å². The lowest BCUT2D eigenvalue weighted by molar-refractivity contribution is 0.125. The van der Waals surface area contributed by atoms with Crippen molar-refractivity contribution >= 4 is 0 Å². The molecule has 0 bridgehead atoms. The highest BCUT2D eigenvalue weighted by molar-refractivity contribution is 4.81. The Labute approximate surface area is 93.0 Å². The fourth-order valence-corrected chi connectivity index (χ4v) is 2.16. The van der Waals surface area contributed by atoms with Gasteiger partial charge in [-0.1, -0.05) is 0 Å². The zero-order valence-electron chi connectivity index (χ0n) is 9.80. The van der Waals surface area contributed by atoms with Crippen molar-refractivity contribution in [2.75, 3.05) is 32.8 Å². The van der Waals surface area contributed by atoms with Gasteiger partial charge in [-0.2, -0.15) is 0 Å². The molecule has 1 heterocycles. The summed E-state index contributed by atoms with van der Waals surface area (Å²) < 4.78 is 5.57. The van der Waals surface area contributed by atoms with Gasteiger partial charge >= 0.3 is 0 Å². The molecule has 88 valence electrons. The monoisotopic (exact) mass is 212 g/mol. The molecular formula is C12H24N2O. The number of ether oxygens (including phenoxy) is 1. The van der Waals surface area contributed by atoms with Gasteiger partial charge in [0.15, 0.2) is 0 Å². The van der Waals surface area contributed by atoms with Gasteiger partial charge in [0.05, 0.1) is 6.61 Å². The molecule has 1 aliphatic carbocycles. The molecule has 0 aromatic rings. The Morgan fingerprint density at radius 2 is 2.20 bits per heavy atom. The quantitative estimate of drug-likeness (QED) is 0.618. The Balaban J connectivity index is 1.40. The summed E-state index contributed by atoms with van der Waals surface area (Å²) in [5.74, 6) is 1.71. The second kappa shape index (κ2) is 5.83. The molecule has 15 heavy (non-hydrogen) atoms. The second-order valence-corrected chi connectivity index (χ2v) is 5.01. The van der Waals surface area contributed by atoms with E-state index in [1.165, 1.54) is 25.8 Å². The van der Waals surface area contributed by atoms with Gasteiger partial charge in [-0.3, -0.25) is 0 Å². The first-order chi connectivity index (χ1) is 7.36. The number of hydrogen-bond acceptors (Lipinski definition) is 3. The summed E-state index contributed by atoms with van der Waals surface area (Å²) in [7, 11) is 0. The van der Waals surface area contributed by atoms with Crippen LogP contribution in [0.5, 0.6) is 0 Å². The molecular weight excluding hydrogens is 188 g/mol. The van der Waals surface area contributed by atoms with E-state index in [-0.39, 0.29) is 0 Å². The van der Waals surface area contributed by atoms with Gasteiger partial charge in [0.2, 0.25) is 0 Å². The van der Waals surface area contributed by atoms with E-state index in [0.29, 0.717) is 6.04 Å². The van der Waals surface area contributed by atoms with E-state index in [1.807, 2.05) is 0 Å². The van der Waals surface area contributed by atoms with Gasteiger partial charge in [-0.25, -0.2) is 0 Å². The summed E-state index contributed by atoms with van der Waals surface area (Å²) in [4.78, 5) is 0. The third-order valence-corrected chi connectivity index (χ3v) is 3.57. The van der Waals surface area contributed by atoms with Crippen molar-refractivity contribution in [2.24, 2.45) is 11.8 Å². The predicted molar refractivity (Wildman–Crippen MR) is 62.0 cm³/mol. The van der Waals surface area contributed by atoms with Crippen LogP contribution in [0.2, 0.25) is 0 Å². The summed E-state index contributed by atoms with van der Waals surface area (Å²) in [5.41, 5.74) is 0. The van der Waals surface area contributed by atoms with Crippen molar-refractivity contribution in [1.29, 1.82) is 0 Å². The minimum Gasteiger partial charge on any atom is -0.380 e. The minimum absolute atomic E-state index is 0.685. The van der Waals surface area contributed by atoms with Crippen molar-refractivity contribution in [3.05, 3.63) is 0 Å². The van der Waals surface area contributed by atoms with Gasteiger partial charge in [0.1, 0.15) is 0 Å². The molecule has 2 fully saturated rings. The first-order valence-corrected chi connectivity index (χ1v) is 6.38. The van der Waals surface area contributed by atoms with E-state index in [9.17, 15) is 0 Å². The fraction of sp³-hybridized carbons (Fsp3) is 1.00. The van der Waals surface area contributed by atoms with E-state index < -0.39 is 0 Å². The van der Waals surface area contributed by atoms with Gasteiger partial charge in [-0.05, 0) is 51.1 Å². The molecule has 0 spiro atoms. The van der Waals surface area contributed by atoms with Crippen LogP contribution in [0, 0.1) is 11.8 Å².